The summed E-state index contributed by atoms with van der Waals surface area (Å²) in [6.07, 6.45) is -0.234. The molecule has 2 aliphatic rings. The van der Waals surface area contributed by atoms with Crippen molar-refractivity contribution >= 4 is 16.8 Å². The third kappa shape index (κ3) is 4.60. The minimum absolute atomic E-state index is 0.305. The van der Waals surface area contributed by atoms with E-state index in [0.29, 0.717) is 36.8 Å². The highest BCUT2D eigenvalue weighted by molar-refractivity contribution is 5.75. The molecule has 1 aliphatic heterocycles. The van der Waals surface area contributed by atoms with Crippen molar-refractivity contribution in [3.05, 3.63) is 63.6 Å². The molecule has 0 bridgehead atoms. The summed E-state index contributed by atoms with van der Waals surface area (Å²) in [6, 6.07) is 9.73. The highest BCUT2D eigenvalue weighted by atomic mass is 19.4. The van der Waals surface area contributed by atoms with Gasteiger partial charge in [-0.25, -0.2) is 4.79 Å². The smallest absolute Gasteiger partial charge is 0.408 e. The number of oxazole rings is 1. The molecule has 2 heterocycles. The number of halogens is 3. The number of fused-ring (bicyclic) bond motifs is 2. The van der Waals surface area contributed by atoms with Gasteiger partial charge in [0.1, 0.15) is 0 Å². The van der Waals surface area contributed by atoms with Crippen LogP contribution < -0.4 is 10.7 Å². The summed E-state index contributed by atoms with van der Waals surface area (Å²) in [6.45, 7) is 6.57. The molecular formula is C26H30F3N3O2. The van der Waals surface area contributed by atoms with Gasteiger partial charge in [0.15, 0.2) is 5.58 Å². The lowest BCUT2D eigenvalue weighted by molar-refractivity contribution is -0.137. The number of rotatable bonds is 6. The predicted octanol–water partition coefficient (Wildman–Crippen LogP) is 4.95. The van der Waals surface area contributed by atoms with Crippen LogP contribution in [0.15, 0.2) is 45.6 Å². The molecular weight excluding hydrogens is 443 g/mol. The number of benzene rings is 2. The number of alkyl halides is 3. The molecule has 0 spiro atoms. The molecule has 34 heavy (non-hydrogen) atoms. The van der Waals surface area contributed by atoms with Crippen molar-refractivity contribution in [2.45, 2.75) is 45.3 Å². The molecule has 1 aromatic heterocycles. The van der Waals surface area contributed by atoms with Crippen LogP contribution in [0, 0.1) is 5.92 Å². The highest BCUT2D eigenvalue weighted by Crippen LogP contribution is 2.33. The second-order valence-electron chi connectivity index (χ2n) is 9.52. The first-order chi connectivity index (χ1) is 16.3. The van der Waals surface area contributed by atoms with E-state index in [4.69, 9.17) is 4.42 Å². The van der Waals surface area contributed by atoms with Crippen molar-refractivity contribution in [2.75, 3.05) is 37.6 Å². The molecule has 5 rings (SSSR count). The summed E-state index contributed by atoms with van der Waals surface area (Å²) in [5.74, 6) is 0.372. The minimum Gasteiger partial charge on any atom is -0.408 e. The van der Waals surface area contributed by atoms with Crippen LogP contribution in [0.5, 0.6) is 0 Å². The Balaban J connectivity index is 1.17. The van der Waals surface area contributed by atoms with Gasteiger partial charge in [0.2, 0.25) is 0 Å². The quantitative estimate of drug-likeness (QED) is 0.508. The van der Waals surface area contributed by atoms with E-state index < -0.39 is 11.7 Å². The van der Waals surface area contributed by atoms with Gasteiger partial charge >= 0.3 is 11.9 Å². The number of aromatic nitrogens is 1. The zero-order chi connectivity index (χ0) is 23.9. The summed E-state index contributed by atoms with van der Waals surface area (Å²) in [7, 11) is 0. The van der Waals surface area contributed by atoms with Crippen molar-refractivity contribution in [2.24, 2.45) is 5.92 Å². The van der Waals surface area contributed by atoms with Crippen LogP contribution in [0.3, 0.4) is 0 Å². The fourth-order valence-corrected chi connectivity index (χ4v) is 5.33. The van der Waals surface area contributed by atoms with Gasteiger partial charge in [0.25, 0.3) is 0 Å². The molecule has 0 N–H and O–H groups in total. The van der Waals surface area contributed by atoms with Gasteiger partial charge in [0.05, 0.1) is 11.1 Å². The molecule has 182 valence electrons. The Bertz CT molecular complexity index is 1220. The number of anilines is 1. The Hall–Kier alpha value is -2.74. The number of nitrogens with zero attached hydrogens (tertiary/aromatic N) is 3. The average molecular weight is 474 g/mol. The Morgan fingerprint density at radius 2 is 1.74 bits per heavy atom. The molecule has 3 aromatic rings. The Kier molecular flexibility index (Phi) is 6.18. The average Bonchev–Trinajstić information content (AvgIpc) is 3.36. The molecule has 8 heteroatoms. The summed E-state index contributed by atoms with van der Waals surface area (Å²) < 4.78 is 46.3. The van der Waals surface area contributed by atoms with Crippen LogP contribution in [-0.2, 0) is 25.6 Å². The van der Waals surface area contributed by atoms with E-state index in [1.807, 2.05) is 11.0 Å². The maximum atomic E-state index is 13.0. The SMILES string of the molecule is CCC1Cc2cc3oc(=O)n(CCCN4CCN(c5cccc(C(F)(F)F)c5)CC4)c3cc2C1. The van der Waals surface area contributed by atoms with Crippen molar-refractivity contribution in [1.29, 1.82) is 0 Å². The standard InChI is InChI=1S/C26H30F3N3O2/c1-2-18-13-19-15-23-24(16-20(19)14-18)34-25(33)32(23)8-4-7-30-9-11-31(12-10-30)22-6-3-5-21(17-22)26(27,28)29/h3,5-6,15-18H,2,4,7-14H2,1H3. The molecule has 0 amide bonds. The third-order valence-corrected chi connectivity index (χ3v) is 7.35. The minimum atomic E-state index is -4.33. The molecule has 1 atom stereocenters. The van der Waals surface area contributed by atoms with E-state index in [1.165, 1.54) is 23.3 Å². The number of aryl methyl sites for hydroxylation is 1. The van der Waals surface area contributed by atoms with Gasteiger partial charge in [-0.2, -0.15) is 13.2 Å². The topological polar surface area (TPSA) is 41.6 Å². The molecule has 1 saturated heterocycles. The van der Waals surface area contributed by atoms with Crippen molar-refractivity contribution in [3.8, 4) is 0 Å². The van der Waals surface area contributed by atoms with Crippen molar-refractivity contribution in [3.63, 3.8) is 0 Å². The van der Waals surface area contributed by atoms with E-state index in [0.717, 1.165) is 56.9 Å². The molecule has 0 radical (unpaired) electrons. The number of hydrogen-bond donors (Lipinski definition) is 0. The lowest BCUT2D eigenvalue weighted by Crippen LogP contribution is -2.46. The maximum absolute atomic E-state index is 13.0. The first-order valence-electron chi connectivity index (χ1n) is 12.1. The predicted molar refractivity (Wildman–Crippen MR) is 126 cm³/mol. The van der Waals surface area contributed by atoms with Gasteiger partial charge in [-0.1, -0.05) is 19.4 Å². The zero-order valence-electron chi connectivity index (χ0n) is 19.4. The molecule has 1 unspecified atom stereocenters. The summed E-state index contributed by atoms with van der Waals surface area (Å²) in [5.41, 5.74) is 4.20. The monoisotopic (exact) mass is 473 g/mol. The third-order valence-electron chi connectivity index (χ3n) is 7.35. The molecule has 2 aromatic carbocycles. The van der Waals surface area contributed by atoms with E-state index in [1.54, 1.807) is 10.6 Å². The van der Waals surface area contributed by atoms with Gasteiger partial charge in [-0.15, -0.1) is 0 Å². The fourth-order valence-electron chi connectivity index (χ4n) is 5.33. The zero-order valence-corrected chi connectivity index (χ0v) is 19.4. The van der Waals surface area contributed by atoms with Gasteiger partial charge in [0, 0.05) is 38.4 Å². The summed E-state index contributed by atoms with van der Waals surface area (Å²) in [5, 5.41) is 0. The summed E-state index contributed by atoms with van der Waals surface area (Å²) >= 11 is 0. The first kappa shape index (κ1) is 23.0. The van der Waals surface area contributed by atoms with Crippen molar-refractivity contribution in [1.82, 2.24) is 9.47 Å². The Morgan fingerprint density at radius 1 is 1.00 bits per heavy atom. The van der Waals surface area contributed by atoms with E-state index >= 15 is 0 Å². The van der Waals surface area contributed by atoms with E-state index in [-0.39, 0.29) is 5.76 Å². The maximum Gasteiger partial charge on any atom is 0.419 e. The largest absolute Gasteiger partial charge is 0.419 e. The number of hydrogen-bond acceptors (Lipinski definition) is 4. The molecule has 5 nitrogen and oxygen atoms in total. The van der Waals surface area contributed by atoms with Gasteiger partial charge in [-0.3, -0.25) is 9.47 Å². The van der Waals surface area contributed by atoms with Gasteiger partial charge < -0.3 is 9.32 Å². The van der Waals surface area contributed by atoms with E-state index in [9.17, 15) is 18.0 Å². The normalized spacial score (nSPS) is 19.2. The van der Waals surface area contributed by atoms with Crippen LogP contribution in [0.2, 0.25) is 0 Å². The number of piperazine rings is 1. The lowest BCUT2D eigenvalue weighted by Gasteiger charge is -2.36. The van der Waals surface area contributed by atoms with Crippen LogP contribution in [-0.4, -0.2) is 42.2 Å². The van der Waals surface area contributed by atoms with E-state index in [2.05, 4.69) is 17.9 Å². The molecule has 0 saturated carbocycles. The first-order valence-corrected chi connectivity index (χ1v) is 12.1. The Morgan fingerprint density at radius 3 is 2.44 bits per heavy atom. The van der Waals surface area contributed by atoms with Crippen molar-refractivity contribution < 1.29 is 17.6 Å². The van der Waals surface area contributed by atoms with Crippen LogP contribution in [0.4, 0.5) is 18.9 Å². The van der Waals surface area contributed by atoms with Gasteiger partial charge in [-0.05, 0) is 73.2 Å². The van der Waals surface area contributed by atoms with Crippen LogP contribution >= 0.6 is 0 Å². The van der Waals surface area contributed by atoms with Crippen LogP contribution in [0.1, 0.15) is 36.5 Å². The second-order valence-corrected chi connectivity index (χ2v) is 9.52. The Labute approximate surface area is 196 Å². The fraction of sp³-hybridized carbons (Fsp3) is 0.500. The van der Waals surface area contributed by atoms with Crippen LogP contribution in [0.25, 0.3) is 11.1 Å². The lowest BCUT2D eigenvalue weighted by atomic mass is 10.0. The molecule has 1 fully saturated rings. The highest BCUT2D eigenvalue weighted by Gasteiger charge is 2.31. The molecule has 1 aliphatic carbocycles. The summed E-state index contributed by atoms with van der Waals surface area (Å²) in [4.78, 5) is 16.8. The second kappa shape index (κ2) is 9.13.